The van der Waals surface area contributed by atoms with Crippen molar-refractivity contribution in [3.63, 3.8) is 0 Å². The number of amides is 2. The van der Waals surface area contributed by atoms with Gasteiger partial charge < -0.3 is 10.2 Å². The summed E-state index contributed by atoms with van der Waals surface area (Å²) in [6, 6.07) is 10.4. The third-order valence-corrected chi connectivity index (χ3v) is 5.17. The number of piperidine rings is 1. The molecular weight excluding hydrogens is 378 g/mol. The summed E-state index contributed by atoms with van der Waals surface area (Å²) >= 11 is 11.8. The molecule has 0 saturated carbocycles. The van der Waals surface area contributed by atoms with E-state index < -0.39 is 0 Å². The molecule has 7 heteroatoms. The van der Waals surface area contributed by atoms with E-state index in [0.29, 0.717) is 47.2 Å². The predicted molar refractivity (Wildman–Crippen MR) is 100 cm³/mol. The number of nitrogens with zero attached hydrogens (tertiary/aromatic N) is 1. The second-order valence-electron chi connectivity index (χ2n) is 6.19. The van der Waals surface area contributed by atoms with Gasteiger partial charge >= 0.3 is 0 Å². The molecule has 0 spiro atoms. The molecule has 1 aliphatic heterocycles. The molecule has 0 unspecified atom stereocenters. The average molecular weight is 395 g/mol. The molecule has 3 rings (SSSR count). The van der Waals surface area contributed by atoms with Gasteiger partial charge in [0.1, 0.15) is 5.82 Å². The highest BCUT2D eigenvalue weighted by Gasteiger charge is 2.28. The molecule has 26 heavy (non-hydrogen) atoms. The predicted octanol–water partition coefficient (Wildman–Crippen LogP) is 4.62. The molecule has 0 bridgehead atoms. The number of halogens is 3. The van der Waals surface area contributed by atoms with Crippen molar-refractivity contribution in [2.45, 2.75) is 12.8 Å². The lowest BCUT2D eigenvalue weighted by atomic mass is 9.95. The monoisotopic (exact) mass is 394 g/mol. The summed E-state index contributed by atoms with van der Waals surface area (Å²) in [5.41, 5.74) is 1.04. The van der Waals surface area contributed by atoms with Gasteiger partial charge in [0, 0.05) is 30.3 Å². The van der Waals surface area contributed by atoms with Crippen LogP contribution in [0.3, 0.4) is 0 Å². The first-order chi connectivity index (χ1) is 12.4. The van der Waals surface area contributed by atoms with E-state index in [4.69, 9.17) is 23.2 Å². The quantitative estimate of drug-likeness (QED) is 0.825. The number of carbonyl (C=O) groups excluding carboxylic acids is 2. The lowest BCUT2D eigenvalue weighted by Crippen LogP contribution is -2.41. The maximum atomic E-state index is 12.9. The second kappa shape index (κ2) is 8.06. The van der Waals surface area contributed by atoms with Crippen molar-refractivity contribution in [3.8, 4) is 0 Å². The number of nitrogens with one attached hydrogen (secondary N) is 1. The molecule has 2 aromatic rings. The van der Waals surface area contributed by atoms with Crippen LogP contribution in [0.1, 0.15) is 23.2 Å². The van der Waals surface area contributed by atoms with Crippen LogP contribution in [0.4, 0.5) is 10.1 Å². The molecule has 136 valence electrons. The number of anilines is 1. The molecule has 1 saturated heterocycles. The van der Waals surface area contributed by atoms with E-state index in [1.54, 1.807) is 23.1 Å². The second-order valence-corrected chi connectivity index (χ2v) is 7.01. The Kier molecular flexibility index (Phi) is 5.79. The molecule has 1 heterocycles. The van der Waals surface area contributed by atoms with Gasteiger partial charge in [-0.1, -0.05) is 23.2 Å². The first-order valence-electron chi connectivity index (χ1n) is 8.25. The van der Waals surface area contributed by atoms with Crippen molar-refractivity contribution >= 4 is 40.7 Å². The third-order valence-electron chi connectivity index (χ3n) is 4.43. The Morgan fingerprint density at radius 1 is 1.00 bits per heavy atom. The van der Waals surface area contributed by atoms with E-state index in [0.717, 1.165) is 0 Å². The van der Waals surface area contributed by atoms with Crippen LogP contribution < -0.4 is 5.32 Å². The van der Waals surface area contributed by atoms with Crippen molar-refractivity contribution in [1.82, 2.24) is 4.90 Å². The summed E-state index contributed by atoms with van der Waals surface area (Å²) in [5, 5.41) is 3.53. The number of carbonyl (C=O) groups is 2. The molecule has 0 radical (unpaired) electrons. The topological polar surface area (TPSA) is 49.4 Å². The molecule has 0 aromatic heterocycles. The molecule has 0 atom stereocenters. The Morgan fingerprint density at radius 2 is 1.65 bits per heavy atom. The van der Waals surface area contributed by atoms with E-state index in [1.807, 2.05) is 0 Å². The van der Waals surface area contributed by atoms with Gasteiger partial charge in [-0.2, -0.15) is 0 Å². The largest absolute Gasteiger partial charge is 0.339 e. The van der Waals surface area contributed by atoms with Crippen molar-refractivity contribution in [2.75, 3.05) is 18.4 Å². The lowest BCUT2D eigenvalue weighted by Gasteiger charge is -2.31. The number of rotatable bonds is 3. The van der Waals surface area contributed by atoms with E-state index >= 15 is 0 Å². The van der Waals surface area contributed by atoms with Crippen LogP contribution in [0.15, 0.2) is 42.5 Å². The Balaban J connectivity index is 1.56. The van der Waals surface area contributed by atoms with Gasteiger partial charge in [-0.25, -0.2) is 4.39 Å². The SMILES string of the molecule is O=C(Nc1ccc(F)cc1)C1CCN(C(=O)c2ccc(Cl)c(Cl)c2)CC1. The van der Waals surface area contributed by atoms with Gasteiger partial charge in [0.25, 0.3) is 5.91 Å². The maximum absolute atomic E-state index is 12.9. The van der Waals surface area contributed by atoms with Crippen LogP contribution in [-0.2, 0) is 4.79 Å². The summed E-state index contributed by atoms with van der Waals surface area (Å²) in [6.45, 7) is 0.973. The Hall–Kier alpha value is -2.11. The smallest absolute Gasteiger partial charge is 0.253 e. The Bertz CT molecular complexity index is 819. The van der Waals surface area contributed by atoms with Gasteiger partial charge in [0.15, 0.2) is 0 Å². The summed E-state index contributed by atoms with van der Waals surface area (Å²) in [5.74, 6) is -0.769. The lowest BCUT2D eigenvalue weighted by molar-refractivity contribution is -0.121. The van der Waals surface area contributed by atoms with Crippen LogP contribution in [0.2, 0.25) is 10.0 Å². The van der Waals surface area contributed by atoms with Gasteiger partial charge in [-0.05, 0) is 55.3 Å². The van der Waals surface area contributed by atoms with Gasteiger partial charge in [-0.15, -0.1) is 0 Å². The molecule has 1 aliphatic rings. The Labute approximate surface area is 160 Å². The molecular formula is C19H17Cl2FN2O2. The molecule has 2 amide bonds. The average Bonchev–Trinajstić information content (AvgIpc) is 2.65. The molecule has 1 fully saturated rings. The summed E-state index contributed by atoms with van der Waals surface area (Å²) < 4.78 is 12.9. The Morgan fingerprint density at radius 3 is 2.27 bits per heavy atom. The van der Waals surface area contributed by atoms with Gasteiger partial charge in [0.05, 0.1) is 10.0 Å². The zero-order chi connectivity index (χ0) is 18.7. The fourth-order valence-corrected chi connectivity index (χ4v) is 3.23. The summed E-state index contributed by atoms with van der Waals surface area (Å²) in [6.07, 6.45) is 1.14. The maximum Gasteiger partial charge on any atom is 0.253 e. The van der Waals surface area contributed by atoms with Crippen LogP contribution in [-0.4, -0.2) is 29.8 Å². The normalized spacial score (nSPS) is 15.0. The fourth-order valence-electron chi connectivity index (χ4n) is 2.93. The zero-order valence-electron chi connectivity index (χ0n) is 13.8. The minimum atomic E-state index is -0.350. The van der Waals surface area contributed by atoms with Crippen LogP contribution >= 0.6 is 23.2 Å². The van der Waals surface area contributed by atoms with Crippen molar-refractivity contribution < 1.29 is 14.0 Å². The molecule has 1 N–H and O–H groups in total. The van der Waals surface area contributed by atoms with Crippen molar-refractivity contribution in [3.05, 3.63) is 63.9 Å². The number of likely N-dealkylation sites (tertiary alicyclic amines) is 1. The van der Waals surface area contributed by atoms with E-state index in [2.05, 4.69) is 5.32 Å². The standard InChI is InChI=1S/C19H17Cl2FN2O2/c20-16-6-1-13(11-17(16)21)19(26)24-9-7-12(8-10-24)18(25)23-15-4-2-14(22)3-5-15/h1-6,11-12H,7-10H2,(H,23,25). The van der Waals surface area contributed by atoms with Crippen LogP contribution in [0, 0.1) is 11.7 Å². The van der Waals surface area contributed by atoms with E-state index in [1.165, 1.54) is 24.3 Å². The van der Waals surface area contributed by atoms with Gasteiger partial charge in [-0.3, -0.25) is 9.59 Å². The zero-order valence-corrected chi connectivity index (χ0v) is 15.4. The fraction of sp³-hybridized carbons (Fsp3) is 0.263. The van der Waals surface area contributed by atoms with Crippen molar-refractivity contribution in [1.29, 1.82) is 0 Å². The highest BCUT2D eigenvalue weighted by Crippen LogP contribution is 2.25. The number of benzene rings is 2. The number of hydrogen-bond donors (Lipinski definition) is 1. The number of hydrogen-bond acceptors (Lipinski definition) is 2. The first-order valence-corrected chi connectivity index (χ1v) is 9.00. The highest BCUT2D eigenvalue weighted by molar-refractivity contribution is 6.42. The first kappa shape index (κ1) is 18.7. The summed E-state index contributed by atoms with van der Waals surface area (Å²) in [4.78, 5) is 26.6. The molecule has 2 aromatic carbocycles. The third kappa shape index (κ3) is 4.34. The highest BCUT2D eigenvalue weighted by atomic mass is 35.5. The molecule has 4 nitrogen and oxygen atoms in total. The minimum Gasteiger partial charge on any atom is -0.339 e. The van der Waals surface area contributed by atoms with E-state index in [-0.39, 0.29) is 23.5 Å². The van der Waals surface area contributed by atoms with Crippen LogP contribution in [0.5, 0.6) is 0 Å². The minimum absolute atomic E-state index is 0.113. The summed E-state index contributed by atoms with van der Waals surface area (Å²) in [7, 11) is 0. The van der Waals surface area contributed by atoms with Gasteiger partial charge in [0.2, 0.25) is 5.91 Å². The molecule has 0 aliphatic carbocycles. The van der Waals surface area contributed by atoms with Crippen molar-refractivity contribution in [2.24, 2.45) is 5.92 Å². The van der Waals surface area contributed by atoms with E-state index in [9.17, 15) is 14.0 Å². The van der Waals surface area contributed by atoms with Crippen LogP contribution in [0.25, 0.3) is 0 Å².